The molecule has 1 amide bonds. The Hall–Kier alpha value is -2.73. The number of rotatable bonds is 5. The van der Waals surface area contributed by atoms with Crippen LogP contribution in [-0.4, -0.2) is 45.5 Å². The summed E-state index contributed by atoms with van der Waals surface area (Å²) in [6.45, 7) is 4.78. The summed E-state index contributed by atoms with van der Waals surface area (Å²) in [6, 6.07) is 9.97. The number of nitrogens with one attached hydrogen (secondary N) is 1. The van der Waals surface area contributed by atoms with Crippen molar-refractivity contribution in [3.05, 3.63) is 60.0 Å². The number of hydrogen-bond donors (Lipinski definition) is 1. The Labute approximate surface area is 165 Å². The molecule has 6 heteroatoms. The maximum Gasteiger partial charge on any atom is 0.261 e. The third-order valence-electron chi connectivity index (χ3n) is 5.83. The highest BCUT2D eigenvalue weighted by Crippen LogP contribution is 2.27. The number of benzene rings is 1. The van der Waals surface area contributed by atoms with Crippen molar-refractivity contribution in [1.29, 1.82) is 0 Å². The van der Waals surface area contributed by atoms with Crippen molar-refractivity contribution in [1.82, 2.24) is 19.5 Å². The van der Waals surface area contributed by atoms with Gasteiger partial charge in [0.2, 0.25) is 0 Å². The van der Waals surface area contributed by atoms with Gasteiger partial charge in [-0.05, 0) is 68.5 Å². The van der Waals surface area contributed by atoms with Crippen LogP contribution in [0.4, 0.5) is 5.69 Å². The summed E-state index contributed by atoms with van der Waals surface area (Å²) in [5.41, 5.74) is 3.14. The van der Waals surface area contributed by atoms with Gasteiger partial charge in [-0.25, -0.2) is 9.50 Å². The van der Waals surface area contributed by atoms with E-state index in [4.69, 9.17) is 0 Å². The van der Waals surface area contributed by atoms with Crippen molar-refractivity contribution >= 4 is 17.2 Å². The zero-order chi connectivity index (χ0) is 19.5. The van der Waals surface area contributed by atoms with Crippen molar-refractivity contribution in [2.75, 3.05) is 25.5 Å². The molecule has 1 saturated heterocycles. The molecule has 6 nitrogen and oxygen atoms in total. The third-order valence-corrected chi connectivity index (χ3v) is 5.83. The fourth-order valence-corrected chi connectivity index (χ4v) is 4.12. The molecule has 0 bridgehead atoms. The lowest BCUT2D eigenvalue weighted by atomic mass is 9.83. The van der Waals surface area contributed by atoms with E-state index in [-0.39, 0.29) is 5.91 Å². The topological polar surface area (TPSA) is 62.5 Å². The first-order chi connectivity index (χ1) is 13.6. The molecule has 0 spiro atoms. The van der Waals surface area contributed by atoms with Crippen LogP contribution in [0.15, 0.2) is 48.9 Å². The van der Waals surface area contributed by atoms with E-state index in [0.717, 1.165) is 23.9 Å². The molecule has 0 saturated carbocycles. The Balaban J connectivity index is 1.35. The van der Waals surface area contributed by atoms with E-state index in [1.54, 1.807) is 29.2 Å². The standard InChI is InChI=1S/C22H27N5O/c1-16-15-26(2)13-10-18(16)7-4-17-5-8-19(9-6-17)25-22(28)20-14-24-27-12-3-11-23-21(20)27/h3,5-6,8-9,11-12,14,16,18H,4,7,10,13,15H2,1-2H3,(H,25,28)/t16-,18+/m1/s1. The minimum absolute atomic E-state index is 0.193. The van der Waals surface area contributed by atoms with E-state index in [9.17, 15) is 4.79 Å². The SMILES string of the molecule is C[C@@H]1CN(C)CC[C@@H]1CCc1ccc(NC(=O)c2cnn3cccnc23)cc1. The molecule has 1 aromatic carbocycles. The van der Waals surface area contributed by atoms with Gasteiger partial charge in [0.1, 0.15) is 5.56 Å². The second-order valence-electron chi connectivity index (χ2n) is 7.92. The fourth-order valence-electron chi connectivity index (χ4n) is 4.12. The van der Waals surface area contributed by atoms with Crippen LogP contribution in [0.25, 0.3) is 5.65 Å². The van der Waals surface area contributed by atoms with Crippen molar-refractivity contribution in [3.8, 4) is 0 Å². The van der Waals surface area contributed by atoms with Crippen LogP contribution in [-0.2, 0) is 6.42 Å². The first kappa shape index (κ1) is 18.6. The fraction of sp³-hybridized carbons (Fsp3) is 0.409. The Bertz CT molecular complexity index is 949. The monoisotopic (exact) mass is 377 g/mol. The Morgan fingerprint density at radius 2 is 2.11 bits per heavy atom. The van der Waals surface area contributed by atoms with Crippen LogP contribution < -0.4 is 5.32 Å². The van der Waals surface area contributed by atoms with Gasteiger partial charge < -0.3 is 10.2 Å². The van der Waals surface area contributed by atoms with Crippen LogP contribution >= 0.6 is 0 Å². The number of nitrogens with zero attached hydrogens (tertiary/aromatic N) is 4. The first-order valence-corrected chi connectivity index (χ1v) is 9.97. The van der Waals surface area contributed by atoms with Crippen molar-refractivity contribution in [3.63, 3.8) is 0 Å². The average Bonchev–Trinajstić information content (AvgIpc) is 3.13. The number of aryl methyl sites for hydroxylation is 1. The molecule has 4 rings (SSSR count). The van der Waals surface area contributed by atoms with Gasteiger partial charge in [-0.15, -0.1) is 0 Å². The number of aromatic nitrogens is 3. The van der Waals surface area contributed by atoms with Crippen LogP contribution in [0, 0.1) is 11.8 Å². The van der Waals surface area contributed by atoms with E-state index < -0.39 is 0 Å². The highest BCUT2D eigenvalue weighted by atomic mass is 16.1. The lowest BCUT2D eigenvalue weighted by Crippen LogP contribution is -2.36. The molecule has 3 heterocycles. The smallest absolute Gasteiger partial charge is 0.261 e. The van der Waals surface area contributed by atoms with E-state index in [0.29, 0.717) is 11.2 Å². The maximum absolute atomic E-state index is 12.6. The third kappa shape index (κ3) is 4.07. The average molecular weight is 377 g/mol. The van der Waals surface area contributed by atoms with Gasteiger partial charge in [-0.1, -0.05) is 19.1 Å². The second kappa shape index (κ2) is 8.10. The van der Waals surface area contributed by atoms with E-state index >= 15 is 0 Å². The van der Waals surface area contributed by atoms with Crippen molar-refractivity contribution < 1.29 is 4.79 Å². The van der Waals surface area contributed by atoms with Crippen molar-refractivity contribution in [2.45, 2.75) is 26.2 Å². The zero-order valence-corrected chi connectivity index (χ0v) is 16.5. The quantitative estimate of drug-likeness (QED) is 0.739. The molecule has 1 aliphatic heterocycles. The molecule has 2 aromatic heterocycles. The summed E-state index contributed by atoms with van der Waals surface area (Å²) in [4.78, 5) is 19.2. The molecular formula is C22H27N5O. The van der Waals surface area contributed by atoms with Crippen LogP contribution in [0.1, 0.15) is 35.7 Å². The first-order valence-electron chi connectivity index (χ1n) is 9.97. The summed E-state index contributed by atoms with van der Waals surface area (Å²) >= 11 is 0. The molecule has 28 heavy (non-hydrogen) atoms. The summed E-state index contributed by atoms with van der Waals surface area (Å²) in [5.74, 6) is 1.37. The predicted molar refractivity (Wildman–Crippen MR) is 110 cm³/mol. The van der Waals surface area contributed by atoms with Gasteiger partial charge >= 0.3 is 0 Å². The highest BCUT2D eigenvalue weighted by molar-refractivity contribution is 6.08. The van der Waals surface area contributed by atoms with Crippen LogP contribution in [0.2, 0.25) is 0 Å². The van der Waals surface area contributed by atoms with E-state index in [1.807, 2.05) is 12.1 Å². The largest absolute Gasteiger partial charge is 0.322 e. The molecule has 146 valence electrons. The molecule has 0 aliphatic carbocycles. The van der Waals surface area contributed by atoms with E-state index in [1.165, 1.54) is 31.5 Å². The molecule has 3 aromatic rings. The zero-order valence-electron chi connectivity index (χ0n) is 16.5. The van der Waals surface area contributed by atoms with Gasteiger partial charge in [0.05, 0.1) is 6.20 Å². The predicted octanol–water partition coefficient (Wildman–Crippen LogP) is 3.50. The number of fused-ring (bicyclic) bond motifs is 1. The summed E-state index contributed by atoms with van der Waals surface area (Å²) in [6.07, 6.45) is 8.60. The molecule has 1 fully saturated rings. The number of carbonyl (C=O) groups is 1. The molecule has 1 N–H and O–H groups in total. The summed E-state index contributed by atoms with van der Waals surface area (Å²) < 4.78 is 1.60. The lowest BCUT2D eigenvalue weighted by molar-refractivity contribution is 0.102. The molecule has 0 radical (unpaired) electrons. The summed E-state index contributed by atoms with van der Waals surface area (Å²) in [5, 5.41) is 7.11. The minimum atomic E-state index is -0.193. The lowest BCUT2D eigenvalue weighted by Gasteiger charge is -2.34. The van der Waals surface area contributed by atoms with Gasteiger partial charge in [0.15, 0.2) is 5.65 Å². The highest BCUT2D eigenvalue weighted by Gasteiger charge is 2.23. The Kier molecular flexibility index (Phi) is 5.39. The van der Waals surface area contributed by atoms with Gasteiger partial charge in [0, 0.05) is 24.6 Å². The van der Waals surface area contributed by atoms with Gasteiger partial charge in [-0.3, -0.25) is 4.79 Å². The number of likely N-dealkylation sites (tertiary alicyclic amines) is 1. The maximum atomic E-state index is 12.6. The Morgan fingerprint density at radius 3 is 2.89 bits per heavy atom. The number of carbonyl (C=O) groups excluding carboxylic acids is 1. The number of hydrogen-bond acceptors (Lipinski definition) is 4. The number of amides is 1. The molecular weight excluding hydrogens is 350 g/mol. The Morgan fingerprint density at radius 1 is 1.29 bits per heavy atom. The molecule has 1 aliphatic rings. The van der Waals surface area contributed by atoms with Crippen molar-refractivity contribution in [2.24, 2.45) is 11.8 Å². The number of piperidine rings is 1. The minimum Gasteiger partial charge on any atom is -0.322 e. The molecule has 0 unspecified atom stereocenters. The number of anilines is 1. The van der Waals surface area contributed by atoms with Gasteiger partial charge in [-0.2, -0.15) is 5.10 Å². The van der Waals surface area contributed by atoms with Crippen LogP contribution in [0.3, 0.4) is 0 Å². The van der Waals surface area contributed by atoms with Crippen LogP contribution in [0.5, 0.6) is 0 Å². The molecule has 2 atom stereocenters. The summed E-state index contributed by atoms with van der Waals surface area (Å²) in [7, 11) is 2.21. The van der Waals surface area contributed by atoms with Gasteiger partial charge in [0.25, 0.3) is 5.91 Å². The normalized spacial score (nSPS) is 20.4. The second-order valence-corrected chi connectivity index (χ2v) is 7.92. The van der Waals surface area contributed by atoms with E-state index in [2.05, 4.69) is 46.4 Å².